The van der Waals surface area contributed by atoms with Crippen molar-refractivity contribution >= 4 is 23.6 Å². The van der Waals surface area contributed by atoms with E-state index in [1.807, 2.05) is 14.1 Å². The molecule has 0 aliphatic heterocycles. The van der Waals surface area contributed by atoms with Gasteiger partial charge in [-0.2, -0.15) is 0 Å². The summed E-state index contributed by atoms with van der Waals surface area (Å²) >= 11 is 1.48. The number of tetrazole rings is 1. The Kier molecular flexibility index (Phi) is 5.26. The van der Waals surface area contributed by atoms with Gasteiger partial charge in [-0.15, -0.1) is 5.10 Å². The summed E-state index contributed by atoms with van der Waals surface area (Å²) in [5.41, 5.74) is 1.14. The Bertz CT molecular complexity index is 656. The standard InChI is InChI=1S/C12H18N8OS/c1-8-9(7-14-11(15-8)19(2)3)10(21)13-5-6-22-12-16-17-18-20(12)4/h7H,5-6H2,1-4H3,(H,13,21). The molecule has 0 aliphatic carbocycles. The average molecular weight is 322 g/mol. The van der Waals surface area contributed by atoms with Gasteiger partial charge in [0.15, 0.2) is 0 Å². The first kappa shape index (κ1) is 16.1. The lowest BCUT2D eigenvalue weighted by Crippen LogP contribution is -2.27. The van der Waals surface area contributed by atoms with Gasteiger partial charge in [0, 0.05) is 39.6 Å². The molecule has 0 fully saturated rings. The van der Waals surface area contributed by atoms with E-state index < -0.39 is 0 Å². The summed E-state index contributed by atoms with van der Waals surface area (Å²) in [5.74, 6) is 1.08. The first-order chi connectivity index (χ1) is 10.5. The minimum atomic E-state index is -0.181. The van der Waals surface area contributed by atoms with Gasteiger partial charge in [0.2, 0.25) is 11.1 Å². The molecule has 2 aromatic rings. The van der Waals surface area contributed by atoms with E-state index in [-0.39, 0.29) is 5.91 Å². The van der Waals surface area contributed by atoms with Crippen molar-refractivity contribution in [3.8, 4) is 0 Å². The van der Waals surface area contributed by atoms with Crippen LogP contribution in [0.4, 0.5) is 5.95 Å². The highest BCUT2D eigenvalue weighted by Gasteiger charge is 2.12. The predicted molar refractivity (Wildman–Crippen MR) is 83.0 cm³/mol. The highest BCUT2D eigenvalue weighted by molar-refractivity contribution is 7.99. The highest BCUT2D eigenvalue weighted by Crippen LogP contribution is 2.11. The quantitative estimate of drug-likeness (QED) is 0.581. The molecule has 2 rings (SSSR count). The number of carbonyl (C=O) groups excluding carboxylic acids is 1. The molecule has 0 radical (unpaired) electrons. The molecule has 2 aromatic heterocycles. The molecule has 9 nitrogen and oxygen atoms in total. The van der Waals surface area contributed by atoms with Gasteiger partial charge in [-0.05, 0) is 17.4 Å². The van der Waals surface area contributed by atoms with Crippen molar-refractivity contribution in [2.45, 2.75) is 12.1 Å². The van der Waals surface area contributed by atoms with Crippen molar-refractivity contribution in [3.63, 3.8) is 0 Å². The van der Waals surface area contributed by atoms with Gasteiger partial charge in [-0.1, -0.05) is 11.8 Å². The fourth-order valence-electron chi connectivity index (χ4n) is 1.64. The summed E-state index contributed by atoms with van der Waals surface area (Å²) in [6.07, 6.45) is 1.55. The van der Waals surface area contributed by atoms with Gasteiger partial charge < -0.3 is 10.2 Å². The third-order valence-electron chi connectivity index (χ3n) is 2.81. The van der Waals surface area contributed by atoms with E-state index >= 15 is 0 Å². The number of nitrogens with zero attached hydrogens (tertiary/aromatic N) is 7. The molecule has 0 saturated heterocycles. The lowest BCUT2D eigenvalue weighted by atomic mass is 10.2. The number of hydrogen-bond acceptors (Lipinski definition) is 8. The molecule has 1 amide bonds. The smallest absolute Gasteiger partial charge is 0.254 e. The van der Waals surface area contributed by atoms with Gasteiger partial charge in [0.05, 0.1) is 11.3 Å². The van der Waals surface area contributed by atoms with Crippen molar-refractivity contribution in [2.24, 2.45) is 7.05 Å². The number of nitrogens with one attached hydrogen (secondary N) is 1. The maximum absolute atomic E-state index is 12.1. The molecule has 10 heteroatoms. The molecule has 2 heterocycles. The molecular formula is C12H18N8OS. The van der Waals surface area contributed by atoms with Crippen LogP contribution >= 0.6 is 11.8 Å². The number of thioether (sulfide) groups is 1. The summed E-state index contributed by atoms with van der Waals surface area (Å²) in [6, 6.07) is 0. The second-order valence-electron chi connectivity index (χ2n) is 4.75. The number of aromatic nitrogens is 6. The maximum atomic E-state index is 12.1. The van der Waals surface area contributed by atoms with E-state index in [4.69, 9.17) is 0 Å². The summed E-state index contributed by atoms with van der Waals surface area (Å²) in [6.45, 7) is 2.30. The van der Waals surface area contributed by atoms with Crippen molar-refractivity contribution < 1.29 is 4.79 Å². The average Bonchev–Trinajstić information content (AvgIpc) is 2.88. The summed E-state index contributed by atoms with van der Waals surface area (Å²) in [4.78, 5) is 22.4. The number of amides is 1. The van der Waals surface area contributed by atoms with E-state index in [9.17, 15) is 4.79 Å². The number of rotatable bonds is 6. The van der Waals surface area contributed by atoms with E-state index in [1.54, 1.807) is 29.7 Å². The van der Waals surface area contributed by atoms with E-state index in [0.29, 0.717) is 34.7 Å². The zero-order chi connectivity index (χ0) is 16.1. The number of aryl methyl sites for hydroxylation is 2. The van der Waals surface area contributed by atoms with Crippen molar-refractivity contribution in [1.82, 2.24) is 35.5 Å². The lowest BCUT2D eigenvalue weighted by molar-refractivity contribution is 0.0955. The van der Waals surface area contributed by atoms with E-state index in [0.717, 1.165) is 0 Å². The SMILES string of the molecule is Cc1nc(N(C)C)ncc1C(=O)NCCSc1nnnn1C. The van der Waals surface area contributed by atoms with Crippen LogP contribution in [0.5, 0.6) is 0 Å². The molecular weight excluding hydrogens is 304 g/mol. The molecule has 118 valence electrons. The van der Waals surface area contributed by atoms with Gasteiger partial charge >= 0.3 is 0 Å². The number of carbonyl (C=O) groups is 1. The van der Waals surface area contributed by atoms with E-state index in [2.05, 4.69) is 30.8 Å². The zero-order valence-electron chi connectivity index (χ0n) is 12.9. The highest BCUT2D eigenvalue weighted by atomic mass is 32.2. The topological polar surface area (TPSA) is 102 Å². The molecule has 0 atom stereocenters. The van der Waals surface area contributed by atoms with Gasteiger partial charge in [-0.25, -0.2) is 14.6 Å². The lowest BCUT2D eigenvalue weighted by Gasteiger charge is -2.12. The first-order valence-corrected chi connectivity index (χ1v) is 7.62. The molecule has 0 spiro atoms. The minimum Gasteiger partial charge on any atom is -0.351 e. The summed E-state index contributed by atoms with van der Waals surface area (Å²) in [5, 5.41) is 14.7. The molecule has 0 bridgehead atoms. The molecule has 0 saturated carbocycles. The van der Waals surface area contributed by atoms with Crippen LogP contribution in [0.25, 0.3) is 0 Å². The molecule has 22 heavy (non-hydrogen) atoms. The third kappa shape index (κ3) is 3.91. The van der Waals surface area contributed by atoms with Gasteiger partial charge in [0.1, 0.15) is 0 Å². The Morgan fingerprint density at radius 1 is 1.45 bits per heavy atom. The largest absolute Gasteiger partial charge is 0.351 e. The van der Waals surface area contributed by atoms with Crippen LogP contribution in [0.15, 0.2) is 11.4 Å². The molecule has 0 aromatic carbocycles. The first-order valence-electron chi connectivity index (χ1n) is 6.63. The van der Waals surface area contributed by atoms with Crippen LogP contribution in [0, 0.1) is 6.92 Å². The van der Waals surface area contributed by atoms with Gasteiger partial charge in [0.25, 0.3) is 5.91 Å². The fourth-order valence-corrected chi connectivity index (χ4v) is 2.34. The van der Waals surface area contributed by atoms with Crippen LogP contribution in [-0.4, -0.2) is 62.5 Å². The Labute approximate surface area is 132 Å². The van der Waals surface area contributed by atoms with Crippen molar-refractivity contribution in [1.29, 1.82) is 0 Å². The Morgan fingerprint density at radius 3 is 2.82 bits per heavy atom. The monoisotopic (exact) mass is 322 g/mol. The maximum Gasteiger partial charge on any atom is 0.254 e. The number of anilines is 1. The third-order valence-corrected chi connectivity index (χ3v) is 3.82. The van der Waals surface area contributed by atoms with Crippen molar-refractivity contribution in [3.05, 3.63) is 17.5 Å². The minimum absolute atomic E-state index is 0.181. The van der Waals surface area contributed by atoms with Crippen LogP contribution in [0.2, 0.25) is 0 Å². The molecule has 0 unspecified atom stereocenters. The summed E-state index contributed by atoms with van der Waals surface area (Å²) in [7, 11) is 5.48. The number of hydrogen-bond donors (Lipinski definition) is 1. The predicted octanol–water partition coefficient (Wildman–Crippen LogP) is -0.103. The van der Waals surface area contributed by atoms with Crippen LogP contribution in [0.1, 0.15) is 16.1 Å². The fraction of sp³-hybridized carbons (Fsp3) is 0.500. The van der Waals surface area contributed by atoms with E-state index in [1.165, 1.54) is 11.8 Å². The van der Waals surface area contributed by atoms with Crippen LogP contribution < -0.4 is 10.2 Å². The van der Waals surface area contributed by atoms with Crippen molar-refractivity contribution in [2.75, 3.05) is 31.3 Å². The normalized spacial score (nSPS) is 10.5. The molecule has 0 aliphatic rings. The zero-order valence-corrected chi connectivity index (χ0v) is 13.8. The Morgan fingerprint density at radius 2 is 2.23 bits per heavy atom. The van der Waals surface area contributed by atoms with Crippen LogP contribution in [-0.2, 0) is 7.05 Å². The summed E-state index contributed by atoms with van der Waals surface area (Å²) < 4.78 is 1.59. The molecule has 1 N–H and O–H groups in total. The second kappa shape index (κ2) is 7.16. The Balaban J connectivity index is 1.86. The van der Waals surface area contributed by atoms with Crippen LogP contribution in [0.3, 0.4) is 0 Å². The Hall–Kier alpha value is -2.23. The second-order valence-corrected chi connectivity index (χ2v) is 5.82. The van der Waals surface area contributed by atoms with Gasteiger partial charge in [-0.3, -0.25) is 4.79 Å².